The third-order valence-corrected chi connectivity index (χ3v) is 8.60. The third kappa shape index (κ3) is 9.62. The molecule has 5 heteroatoms. The van der Waals surface area contributed by atoms with Gasteiger partial charge in [0.15, 0.2) is 0 Å². The quantitative estimate of drug-likeness (QED) is 0.0661. The molecule has 5 rings (SSSR count). The summed E-state index contributed by atoms with van der Waals surface area (Å²) in [5, 5.41) is 20.5. The van der Waals surface area contributed by atoms with Gasteiger partial charge in [0, 0.05) is 18.1 Å². The predicted octanol–water partition coefficient (Wildman–Crippen LogP) is 11.1. The Morgan fingerprint density at radius 1 is 0.574 bits per heavy atom. The van der Waals surface area contributed by atoms with Gasteiger partial charge in [-0.2, -0.15) is 10.5 Å². The zero-order valence-corrected chi connectivity index (χ0v) is 26.7. The average Bonchev–Trinajstić information content (AvgIpc) is 3.10. The molecule has 0 spiro atoms. The maximum absolute atomic E-state index is 14.6. The van der Waals surface area contributed by atoms with E-state index in [1.165, 1.54) is 60.9 Å². The van der Waals surface area contributed by atoms with Crippen LogP contribution in [0.25, 0.3) is 33.0 Å². The molecule has 0 aromatic heterocycles. The molecule has 0 saturated heterocycles. The molecule has 0 atom stereocenters. The number of hydrogen-bond acceptors (Lipinski definition) is 4. The van der Waals surface area contributed by atoms with E-state index in [1.807, 2.05) is 30.3 Å². The number of hydrogen-bond donors (Lipinski definition) is 0. The van der Waals surface area contributed by atoms with Gasteiger partial charge in [-0.15, -0.1) is 0 Å². The molecular weight excluding hydrogens is 583 g/mol. The Hall–Kier alpha value is -5.26. The second-order valence-electron chi connectivity index (χ2n) is 12.1. The van der Waals surface area contributed by atoms with Crippen molar-refractivity contribution >= 4 is 16.7 Å². The van der Waals surface area contributed by atoms with Crippen LogP contribution in [0.1, 0.15) is 80.9 Å². The van der Waals surface area contributed by atoms with Crippen LogP contribution < -0.4 is 4.74 Å². The highest BCUT2D eigenvalue weighted by atomic mass is 19.1. The molecule has 0 fully saturated rings. The summed E-state index contributed by atoms with van der Waals surface area (Å²) in [5.41, 5.74) is 5.92. The van der Waals surface area contributed by atoms with Gasteiger partial charge in [0.2, 0.25) is 0 Å². The van der Waals surface area contributed by atoms with Crippen molar-refractivity contribution in [2.24, 2.45) is 0 Å². The smallest absolute Gasteiger partial charge is 0.311 e. The minimum Gasteiger partial charge on any atom is -0.426 e. The van der Waals surface area contributed by atoms with Crippen molar-refractivity contribution in [2.45, 2.75) is 70.6 Å². The fraction of sp³-hybridized carbons (Fsp3) is 0.262. The topological polar surface area (TPSA) is 73.9 Å². The number of unbranched alkanes of at least 4 members (excludes halogenated alkanes) is 8. The van der Waals surface area contributed by atoms with Crippen LogP contribution in [-0.2, 0) is 11.2 Å². The molecule has 0 heterocycles. The van der Waals surface area contributed by atoms with Gasteiger partial charge in [0.25, 0.3) is 0 Å². The number of esters is 1. The highest BCUT2D eigenvalue weighted by molar-refractivity contribution is 5.88. The van der Waals surface area contributed by atoms with Crippen LogP contribution in [0.15, 0.2) is 103 Å². The van der Waals surface area contributed by atoms with Crippen molar-refractivity contribution in [3.8, 4) is 40.1 Å². The first-order chi connectivity index (χ1) is 23.0. The van der Waals surface area contributed by atoms with Crippen molar-refractivity contribution in [3.05, 3.63) is 126 Å². The second kappa shape index (κ2) is 16.9. The Kier molecular flexibility index (Phi) is 11.9. The Balaban J connectivity index is 0.912. The number of aryl methyl sites for hydroxylation is 1. The molecule has 236 valence electrons. The average molecular weight is 623 g/mol. The van der Waals surface area contributed by atoms with Crippen molar-refractivity contribution < 1.29 is 13.9 Å². The molecule has 0 aliphatic heterocycles. The van der Waals surface area contributed by atoms with Gasteiger partial charge in [0.05, 0.1) is 23.3 Å². The number of carbonyl (C=O) groups excluding carboxylic acids is 1. The molecule has 0 amide bonds. The molecule has 0 bridgehead atoms. The van der Waals surface area contributed by atoms with E-state index in [0.717, 1.165) is 36.8 Å². The zero-order valence-electron chi connectivity index (χ0n) is 26.7. The monoisotopic (exact) mass is 622 g/mol. The summed E-state index contributed by atoms with van der Waals surface area (Å²) < 4.78 is 20.0. The molecule has 4 nitrogen and oxygen atoms in total. The molecule has 5 aromatic carbocycles. The fourth-order valence-corrected chi connectivity index (χ4v) is 5.90. The highest BCUT2D eigenvalue weighted by Crippen LogP contribution is 2.28. The third-order valence-electron chi connectivity index (χ3n) is 8.60. The molecule has 0 unspecified atom stereocenters. The Bertz CT molecular complexity index is 1880. The lowest BCUT2D eigenvalue weighted by atomic mass is 9.97. The van der Waals surface area contributed by atoms with E-state index >= 15 is 0 Å². The van der Waals surface area contributed by atoms with Crippen molar-refractivity contribution in [1.82, 2.24) is 0 Å². The number of ether oxygens (including phenoxy) is 1. The molecule has 0 radical (unpaired) electrons. The Morgan fingerprint density at radius 2 is 1.13 bits per heavy atom. The van der Waals surface area contributed by atoms with Crippen LogP contribution in [0.5, 0.6) is 5.75 Å². The van der Waals surface area contributed by atoms with E-state index in [4.69, 9.17) is 15.3 Å². The minimum absolute atomic E-state index is 0.209. The van der Waals surface area contributed by atoms with E-state index in [2.05, 4.69) is 42.5 Å². The second-order valence-corrected chi connectivity index (χ2v) is 12.1. The van der Waals surface area contributed by atoms with E-state index in [0.29, 0.717) is 28.7 Å². The predicted molar refractivity (Wildman–Crippen MR) is 186 cm³/mol. The summed E-state index contributed by atoms with van der Waals surface area (Å²) in [4.78, 5) is 12.3. The number of fused-ring (bicyclic) bond motifs is 1. The number of carbonyl (C=O) groups is 1. The van der Waals surface area contributed by atoms with Gasteiger partial charge in [0.1, 0.15) is 11.6 Å². The van der Waals surface area contributed by atoms with Crippen LogP contribution in [-0.4, -0.2) is 5.97 Å². The van der Waals surface area contributed by atoms with Crippen LogP contribution in [0.3, 0.4) is 0 Å². The first-order valence-corrected chi connectivity index (χ1v) is 16.6. The highest BCUT2D eigenvalue weighted by Gasteiger charge is 2.10. The molecule has 5 aromatic rings. The summed E-state index contributed by atoms with van der Waals surface area (Å²) >= 11 is 0. The number of rotatable bonds is 15. The van der Waals surface area contributed by atoms with Crippen molar-refractivity contribution in [3.63, 3.8) is 0 Å². The first kappa shape index (κ1) is 33.1. The summed E-state index contributed by atoms with van der Waals surface area (Å²) in [5.74, 6) is -0.597. The SMILES string of the molecule is N#Cc1ccc(-c2ccc3cc(CCCCCCCCCCCC(=O)Oc4ccc(-c5ccc(C#N)cc5)c(F)c4)ccc3c2)cc1. The maximum atomic E-state index is 14.6. The van der Waals surface area contributed by atoms with Gasteiger partial charge in [-0.1, -0.05) is 99.5 Å². The minimum atomic E-state index is -0.468. The molecular formula is C42H39FN2O2. The summed E-state index contributed by atoms with van der Waals surface area (Å²) in [7, 11) is 0. The lowest BCUT2D eigenvalue weighted by Crippen LogP contribution is -2.07. The van der Waals surface area contributed by atoms with Gasteiger partial charge in [-0.25, -0.2) is 4.39 Å². The van der Waals surface area contributed by atoms with Crippen LogP contribution in [0.2, 0.25) is 0 Å². The molecule has 0 aliphatic rings. The van der Waals surface area contributed by atoms with E-state index < -0.39 is 5.82 Å². The standard InChI is InChI=1S/C42H39FN2O2/c43-41-28-39(24-25-40(41)35-19-15-33(30-45)16-20-35)47-42(46)11-9-7-5-3-1-2-4-6-8-10-31-12-21-38-27-37(23-22-36(38)26-31)34-17-13-32(29-44)14-18-34/h12-28H,1-11H2. The van der Waals surface area contributed by atoms with Crippen LogP contribution in [0, 0.1) is 28.5 Å². The lowest BCUT2D eigenvalue weighted by molar-refractivity contribution is -0.134. The number of halogens is 1. The Labute approximate surface area is 277 Å². The van der Waals surface area contributed by atoms with Gasteiger partial charge < -0.3 is 4.74 Å². The lowest BCUT2D eigenvalue weighted by Gasteiger charge is -2.08. The summed E-state index contributed by atoms with van der Waals surface area (Å²) in [6, 6.07) is 36.4. The first-order valence-electron chi connectivity index (χ1n) is 16.6. The van der Waals surface area contributed by atoms with Crippen molar-refractivity contribution in [1.29, 1.82) is 10.5 Å². The van der Waals surface area contributed by atoms with Gasteiger partial charge in [-0.05, 0) is 94.8 Å². The molecule has 0 N–H and O–H groups in total. The largest absolute Gasteiger partial charge is 0.426 e. The maximum Gasteiger partial charge on any atom is 0.311 e. The fourth-order valence-electron chi connectivity index (χ4n) is 5.90. The van der Waals surface area contributed by atoms with Crippen LogP contribution in [0.4, 0.5) is 4.39 Å². The van der Waals surface area contributed by atoms with Crippen molar-refractivity contribution in [2.75, 3.05) is 0 Å². The van der Waals surface area contributed by atoms with Crippen LogP contribution >= 0.6 is 0 Å². The van der Waals surface area contributed by atoms with Gasteiger partial charge in [-0.3, -0.25) is 4.79 Å². The van der Waals surface area contributed by atoms with Gasteiger partial charge >= 0.3 is 5.97 Å². The number of nitriles is 2. The zero-order chi connectivity index (χ0) is 32.8. The Morgan fingerprint density at radius 3 is 1.77 bits per heavy atom. The van der Waals surface area contributed by atoms with E-state index in [1.54, 1.807) is 36.4 Å². The summed E-state index contributed by atoms with van der Waals surface area (Å²) in [6.07, 6.45) is 11.6. The molecule has 0 aliphatic carbocycles. The summed E-state index contributed by atoms with van der Waals surface area (Å²) in [6.45, 7) is 0. The van der Waals surface area contributed by atoms with E-state index in [9.17, 15) is 9.18 Å². The normalized spacial score (nSPS) is 10.8. The molecule has 0 saturated carbocycles. The number of nitrogens with zero attached hydrogens (tertiary/aromatic N) is 2. The number of benzene rings is 5. The van der Waals surface area contributed by atoms with E-state index in [-0.39, 0.29) is 11.7 Å². The molecule has 47 heavy (non-hydrogen) atoms.